The smallest absolute Gasteiger partial charge is 0.255 e. The molecule has 0 unspecified atom stereocenters. The lowest BCUT2D eigenvalue weighted by Gasteiger charge is -2.13. The van der Waals surface area contributed by atoms with Gasteiger partial charge in [-0.05, 0) is 49.2 Å². The van der Waals surface area contributed by atoms with Crippen molar-refractivity contribution >= 4 is 28.8 Å². The van der Waals surface area contributed by atoms with Gasteiger partial charge in [-0.1, -0.05) is 24.4 Å². The van der Waals surface area contributed by atoms with Crippen LogP contribution in [0.1, 0.15) is 27.0 Å². The third kappa shape index (κ3) is 3.20. The third-order valence-electron chi connectivity index (χ3n) is 3.23. The van der Waals surface area contributed by atoms with Gasteiger partial charge in [-0.15, -0.1) is 0 Å². The molecule has 0 spiro atoms. The first-order chi connectivity index (χ1) is 9.90. The first kappa shape index (κ1) is 15.0. The average Bonchev–Trinajstić information content (AvgIpc) is 2.41. The molecule has 0 saturated heterocycles. The van der Waals surface area contributed by atoms with Crippen LogP contribution in [-0.4, -0.2) is 16.0 Å². The first-order valence-electron chi connectivity index (χ1n) is 6.40. The zero-order valence-corrected chi connectivity index (χ0v) is 12.6. The van der Waals surface area contributed by atoms with Crippen molar-refractivity contribution in [1.29, 1.82) is 0 Å². The molecule has 0 radical (unpaired) electrons. The van der Waals surface area contributed by atoms with E-state index in [1.807, 2.05) is 19.1 Å². The quantitative estimate of drug-likeness (QED) is 0.762. The van der Waals surface area contributed by atoms with Crippen molar-refractivity contribution in [3.63, 3.8) is 0 Å². The molecule has 0 atom stereocenters. The van der Waals surface area contributed by atoms with Crippen LogP contribution in [0.3, 0.4) is 0 Å². The largest absolute Gasteiger partial charge is 0.508 e. The van der Waals surface area contributed by atoms with Crippen LogP contribution >= 0.6 is 12.2 Å². The molecule has 2 rings (SSSR count). The molecule has 1 amide bonds. The van der Waals surface area contributed by atoms with Crippen LogP contribution in [0, 0.1) is 13.8 Å². The van der Waals surface area contributed by atoms with Crippen LogP contribution in [-0.2, 0) is 0 Å². The Morgan fingerprint density at radius 1 is 1.19 bits per heavy atom. The maximum absolute atomic E-state index is 12.3. The SMILES string of the molecule is Cc1cc(C(=O)Nc2cccc(C)c2C(N)=S)ccc1O. The molecule has 4 N–H and O–H groups in total. The summed E-state index contributed by atoms with van der Waals surface area (Å²) in [4.78, 5) is 12.5. The number of phenolic OH excluding ortho intramolecular Hbond substituents is 1. The van der Waals surface area contributed by atoms with E-state index in [9.17, 15) is 9.90 Å². The fourth-order valence-electron chi connectivity index (χ4n) is 2.09. The lowest BCUT2D eigenvalue weighted by Crippen LogP contribution is -2.18. The first-order valence-corrected chi connectivity index (χ1v) is 6.81. The van der Waals surface area contributed by atoms with Crippen LogP contribution in [0.15, 0.2) is 36.4 Å². The number of phenols is 1. The van der Waals surface area contributed by atoms with E-state index in [2.05, 4.69) is 5.32 Å². The number of hydrogen-bond donors (Lipinski definition) is 3. The number of amides is 1. The van der Waals surface area contributed by atoms with E-state index >= 15 is 0 Å². The van der Waals surface area contributed by atoms with E-state index in [1.54, 1.807) is 25.1 Å². The summed E-state index contributed by atoms with van der Waals surface area (Å²) >= 11 is 5.04. The fourth-order valence-corrected chi connectivity index (χ4v) is 2.36. The minimum absolute atomic E-state index is 0.158. The molecule has 5 heteroatoms. The zero-order valence-electron chi connectivity index (χ0n) is 11.8. The standard InChI is InChI=1S/C16H16N2O2S/c1-9-4-3-5-12(14(9)15(17)21)18-16(20)11-6-7-13(19)10(2)8-11/h3-8,19H,1-2H3,(H2,17,21)(H,18,20). The van der Waals surface area contributed by atoms with Gasteiger partial charge in [-0.25, -0.2) is 0 Å². The summed E-state index contributed by atoms with van der Waals surface area (Å²) < 4.78 is 0. The Kier molecular flexibility index (Phi) is 4.23. The zero-order chi connectivity index (χ0) is 15.6. The Morgan fingerprint density at radius 2 is 1.90 bits per heavy atom. The Labute approximate surface area is 128 Å². The molecule has 0 saturated carbocycles. The Balaban J connectivity index is 2.34. The molecule has 0 aromatic heterocycles. The minimum Gasteiger partial charge on any atom is -0.508 e. The average molecular weight is 300 g/mol. The van der Waals surface area contributed by atoms with Gasteiger partial charge in [0.1, 0.15) is 10.7 Å². The number of aromatic hydroxyl groups is 1. The van der Waals surface area contributed by atoms with E-state index in [0.29, 0.717) is 22.4 Å². The highest BCUT2D eigenvalue weighted by Crippen LogP contribution is 2.22. The summed E-state index contributed by atoms with van der Waals surface area (Å²) in [5.41, 5.74) is 8.97. The van der Waals surface area contributed by atoms with Gasteiger partial charge in [-0.3, -0.25) is 4.79 Å². The highest BCUT2D eigenvalue weighted by molar-refractivity contribution is 7.80. The number of hydrogen-bond acceptors (Lipinski definition) is 3. The molecule has 2 aromatic carbocycles. The molecule has 108 valence electrons. The lowest BCUT2D eigenvalue weighted by atomic mass is 10.1. The summed E-state index contributed by atoms with van der Waals surface area (Å²) in [5, 5.41) is 12.3. The molecule has 4 nitrogen and oxygen atoms in total. The number of rotatable bonds is 3. The number of anilines is 1. The number of carbonyl (C=O) groups excluding carboxylic acids is 1. The topological polar surface area (TPSA) is 75.4 Å². The maximum atomic E-state index is 12.3. The summed E-state index contributed by atoms with van der Waals surface area (Å²) in [6.45, 7) is 3.62. The Hall–Kier alpha value is -2.40. The number of nitrogens with one attached hydrogen (secondary N) is 1. The second-order valence-electron chi connectivity index (χ2n) is 4.82. The molecule has 0 bridgehead atoms. The predicted octanol–water partition coefficient (Wildman–Crippen LogP) is 2.90. The minimum atomic E-state index is -0.277. The van der Waals surface area contributed by atoms with Crippen molar-refractivity contribution in [3.8, 4) is 5.75 Å². The molecular weight excluding hydrogens is 284 g/mol. The molecule has 2 aromatic rings. The number of carbonyl (C=O) groups is 1. The lowest BCUT2D eigenvalue weighted by molar-refractivity contribution is 0.102. The van der Waals surface area contributed by atoms with E-state index in [4.69, 9.17) is 18.0 Å². The van der Waals surface area contributed by atoms with Crippen molar-refractivity contribution in [1.82, 2.24) is 0 Å². The van der Waals surface area contributed by atoms with Crippen LogP contribution < -0.4 is 11.1 Å². The molecule has 21 heavy (non-hydrogen) atoms. The van der Waals surface area contributed by atoms with E-state index in [0.717, 1.165) is 5.56 Å². The van der Waals surface area contributed by atoms with Gasteiger partial charge in [0.2, 0.25) is 0 Å². The van der Waals surface area contributed by atoms with Crippen molar-refractivity contribution in [2.75, 3.05) is 5.32 Å². The van der Waals surface area contributed by atoms with Crippen molar-refractivity contribution in [3.05, 3.63) is 58.7 Å². The van der Waals surface area contributed by atoms with Gasteiger partial charge in [-0.2, -0.15) is 0 Å². The third-order valence-corrected chi connectivity index (χ3v) is 3.43. The molecule has 0 aliphatic carbocycles. The number of thiocarbonyl (C=S) groups is 1. The maximum Gasteiger partial charge on any atom is 0.255 e. The molecule has 0 aliphatic heterocycles. The van der Waals surface area contributed by atoms with Gasteiger partial charge >= 0.3 is 0 Å². The number of nitrogens with two attached hydrogens (primary N) is 1. The predicted molar refractivity (Wildman–Crippen MR) is 87.9 cm³/mol. The van der Waals surface area contributed by atoms with Crippen LogP contribution in [0.4, 0.5) is 5.69 Å². The molecule has 0 heterocycles. The van der Waals surface area contributed by atoms with E-state index in [-0.39, 0.29) is 16.6 Å². The summed E-state index contributed by atoms with van der Waals surface area (Å²) in [6, 6.07) is 10.2. The molecule has 0 fully saturated rings. The van der Waals surface area contributed by atoms with Crippen molar-refractivity contribution < 1.29 is 9.90 Å². The van der Waals surface area contributed by atoms with Crippen LogP contribution in [0.25, 0.3) is 0 Å². The summed E-state index contributed by atoms with van der Waals surface area (Å²) in [5.74, 6) is -0.118. The highest BCUT2D eigenvalue weighted by Gasteiger charge is 2.13. The van der Waals surface area contributed by atoms with Crippen LogP contribution in [0.2, 0.25) is 0 Å². The van der Waals surface area contributed by atoms with Gasteiger partial charge in [0.25, 0.3) is 5.91 Å². The van der Waals surface area contributed by atoms with Crippen LogP contribution in [0.5, 0.6) is 5.75 Å². The molecular formula is C16H16N2O2S. The second-order valence-corrected chi connectivity index (χ2v) is 5.26. The van der Waals surface area contributed by atoms with E-state index in [1.165, 1.54) is 6.07 Å². The van der Waals surface area contributed by atoms with Gasteiger partial charge in [0.05, 0.1) is 5.69 Å². The van der Waals surface area contributed by atoms with Gasteiger partial charge in [0.15, 0.2) is 0 Å². The monoisotopic (exact) mass is 300 g/mol. The fraction of sp³-hybridized carbons (Fsp3) is 0.125. The van der Waals surface area contributed by atoms with Crippen molar-refractivity contribution in [2.24, 2.45) is 5.73 Å². The summed E-state index contributed by atoms with van der Waals surface area (Å²) in [6.07, 6.45) is 0. The van der Waals surface area contributed by atoms with Gasteiger partial charge in [0, 0.05) is 11.1 Å². The normalized spacial score (nSPS) is 10.2. The van der Waals surface area contributed by atoms with Crippen molar-refractivity contribution in [2.45, 2.75) is 13.8 Å². The Morgan fingerprint density at radius 3 is 2.52 bits per heavy atom. The van der Waals surface area contributed by atoms with E-state index < -0.39 is 0 Å². The summed E-state index contributed by atoms with van der Waals surface area (Å²) in [7, 11) is 0. The number of aryl methyl sites for hydroxylation is 2. The Bertz CT molecular complexity index is 726. The van der Waals surface area contributed by atoms with Gasteiger partial charge < -0.3 is 16.2 Å². The highest BCUT2D eigenvalue weighted by atomic mass is 32.1. The second kappa shape index (κ2) is 5.93. The molecule has 0 aliphatic rings. The number of benzene rings is 2.